The van der Waals surface area contributed by atoms with Gasteiger partial charge in [0.15, 0.2) is 0 Å². The van der Waals surface area contributed by atoms with Gasteiger partial charge in [-0.15, -0.1) is 0 Å². The Morgan fingerprint density at radius 3 is 3.17 bits per heavy atom. The number of amides is 1. The zero-order valence-electron chi connectivity index (χ0n) is 10.2. The molecule has 5 nitrogen and oxygen atoms in total. The number of imidazole rings is 1. The molecule has 2 aromatic heterocycles. The summed E-state index contributed by atoms with van der Waals surface area (Å²) in [5.41, 5.74) is 2.60. The number of carbonyl (C=O) groups is 1. The Balaban J connectivity index is 1.79. The summed E-state index contributed by atoms with van der Waals surface area (Å²) in [6.07, 6.45) is 5.25. The minimum atomic E-state index is -0.301. The summed E-state index contributed by atoms with van der Waals surface area (Å²) in [5.74, 6) is -0.0660. The third kappa shape index (κ3) is 2.09. The third-order valence-electron chi connectivity index (χ3n) is 3.06. The zero-order valence-corrected chi connectivity index (χ0v) is 10.2. The van der Waals surface area contributed by atoms with E-state index in [4.69, 9.17) is 4.74 Å². The Hall–Kier alpha value is -1.88. The van der Waals surface area contributed by atoms with Crippen LogP contribution in [-0.4, -0.2) is 28.0 Å². The lowest BCUT2D eigenvalue weighted by atomic mass is 10.2. The molecule has 0 saturated carbocycles. The minimum absolute atomic E-state index is 0.0660. The lowest BCUT2D eigenvalue weighted by Crippen LogP contribution is -2.26. The molecule has 1 fully saturated rings. The lowest BCUT2D eigenvalue weighted by molar-refractivity contribution is -0.124. The van der Waals surface area contributed by atoms with Gasteiger partial charge in [-0.1, -0.05) is 0 Å². The number of nitrogens with one attached hydrogen (secondary N) is 1. The highest BCUT2D eigenvalue weighted by Gasteiger charge is 2.23. The molecule has 1 aliphatic heterocycles. The highest BCUT2D eigenvalue weighted by molar-refractivity contribution is 5.94. The summed E-state index contributed by atoms with van der Waals surface area (Å²) in [4.78, 5) is 16.2. The average Bonchev–Trinajstić information content (AvgIpc) is 2.95. The summed E-state index contributed by atoms with van der Waals surface area (Å²) < 4.78 is 7.25. The number of hydrogen-bond donors (Lipinski definition) is 1. The Labute approximate surface area is 105 Å². The molecular weight excluding hydrogens is 230 g/mol. The molecule has 1 saturated heterocycles. The van der Waals surface area contributed by atoms with Crippen LogP contribution >= 0.6 is 0 Å². The summed E-state index contributed by atoms with van der Waals surface area (Å²) in [5, 5.41) is 2.87. The number of anilines is 1. The van der Waals surface area contributed by atoms with E-state index in [9.17, 15) is 4.79 Å². The summed E-state index contributed by atoms with van der Waals surface area (Å²) >= 11 is 0. The van der Waals surface area contributed by atoms with Gasteiger partial charge in [-0.2, -0.15) is 0 Å². The first-order chi connectivity index (χ1) is 8.72. The predicted octanol–water partition coefficient (Wildman–Crippen LogP) is 1.76. The van der Waals surface area contributed by atoms with Crippen LogP contribution in [0.15, 0.2) is 24.5 Å². The minimum Gasteiger partial charge on any atom is -0.368 e. The van der Waals surface area contributed by atoms with Gasteiger partial charge in [0, 0.05) is 19.0 Å². The smallest absolute Gasteiger partial charge is 0.253 e. The van der Waals surface area contributed by atoms with Crippen LogP contribution in [0.25, 0.3) is 5.65 Å². The van der Waals surface area contributed by atoms with Gasteiger partial charge in [-0.25, -0.2) is 4.98 Å². The van der Waals surface area contributed by atoms with E-state index < -0.39 is 0 Å². The number of fused-ring (bicyclic) bond motifs is 1. The first-order valence-corrected chi connectivity index (χ1v) is 6.10. The largest absolute Gasteiger partial charge is 0.368 e. The second-order valence-electron chi connectivity index (χ2n) is 4.56. The average molecular weight is 245 g/mol. The van der Waals surface area contributed by atoms with Gasteiger partial charge in [0.25, 0.3) is 5.91 Å². The van der Waals surface area contributed by atoms with Crippen molar-refractivity contribution in [3.8, 4) is 0 Å². The maximum Gasteiger partial charge on any atom is 0.253 e. The topological polar surface area (TPSA) is 55.6 Å². The molecule has 1 amide bonds. The summed E-state index contributed by atoms with van der Waals surface area (Å²) in [7, 11) is 0. The molecule has 0 spiro atoms. The third-order valence-corrected chi connectivity index (χ3v) is 3.06. The predicted molar refractivity (Wildman–Crippen MR) is 67.5 cm³/mol. The van der Waals surface area contributed by atoms with Crippen molar-refractivity contribution in [2.75, 3.05) is 11.9 Å². The Morgan fingerprint density at radius 2 is 2.39 bits per heavy atom. The van der Waals surface area contributed by atoms with Gasteiger partial charge in [-0.05, 0) is 31.9 Å². The molecule has 3 heterocycles. The van der Waals surface area contributed by atoms with Gasteiger partial charge < -0.3 is 14.5 Å². The van der Waals surface area contributed by atoms with Crippen molar-refractivity contribution in [2.45, 2.75) is 25.9 Å². The number of pyridine rings is 1. The molecule has 1 aliphatic rings. The van der Waals surface area contributed by atoms with Crippen molar-refractivity contribution in [3.05, 3.63) is 30.2 Å². The van der Waals surface area contributed by atoms with E-state index in [1.807, 2.05) is 35.9 Å². The number of aromatic nitrogens is 2. The molecule has 2 aromatic rings. The van der Waals surface area contributed by atoms with Crippen molar-refractivity contribution in [3.63, 3.8) is 0 Å². The first-order valence-electron chi connectivity index (χ1n) is 6.10. The van der Waals surface area contributed by atoms with Crippen LogP contribution < -0.4 is 5.32 Å². The number of nitrogens with zero attached hydrogens (tertiary/aromatic N) is 2. The summed E-state index contributed by atoms with van der Waals surface area (Å²) in [6.45, 7) is 2.62. The van der Waals surface area contributed by atoms with Crippen molar-refractivity contribution in [1.29, 1.82) is 0 Å². The normalized spacial score (nSPS) is 19.3. The highest BCUT2D eigenvalue weighted by atomic mass is 16.5. The Morgan fingerprint density at radius 1 is 1.50 bits per heavy atom. The SMILES string of the molecule is Cc1cn2cc(NC(=O)C3CCCO3)ccc2n1. The molecule has 1 N–H and O–H groups in total. The van der Waals surface area contributed by atoms with Gasteiger partial charge in [0.05, 0.1) is 11.4 Å². The second kappa shape index (κ2) is 4.42. The number of rotatable bonds is 2. The van der Waals surface area contributed by atoms with Crippen LogP contribution in [0.1, 0.15) is 18.5 Å². The maximum absolute atomic E-state index is 11.9. The van der Waals surface area contributed by atoms with Crippen LogP contribution in [0.5, 0.6) is 0 Å². The molecule has 1 atom stereocenters. The summed E-state index contributed by atoms with van der Waals surface area (Å²) in [6, 6.07) is 3.74. The van der Waals surface area contributed by atoms with Crippen molar-refractivity contribution < 1.29 is 9.53 Å². The van der Waals surface area contributed by atoms with Crippen LogP contribution in [0.3, 0.4) is 0 Å². The number of aryl methyl sites for hydroxylation is 1. The molecule has 1 unspecified atom stereocenters. The van der Waals surface area contributed by atoms with Gasteiger partial charge >= 0.3 is 0 Å². The van der Waals surface area contributed by atoms with Crippen LogP contribution in [0.2, 0.25) is 0 Å². The molecule has 0 aliphatic carbocycles. The van der Waals surface area contributed by atoms with E-state index in [1.165, 1.54) is 0 Å². The molecule has 0 bridgehead atoms. The fourth-order valence-electron chi connectivity index (χ4n) is 2.20. The fraction of sp³-hybridized carbons (Fsp3) is 0.385. The number of hydrogen-bond acceptors (Lipinski definition) is 3. The van der Waals surface area contributed by atoms with Crippen LogP contribution in [0.4, 0.5) is 5.69 Å². The maximum atomic E-state index is 11.9. The number of carbonyl (C=O) groups excluding carboxylic acids is 1. The molecule has 94 valence electrons. The van der Waals surface area contributed by atoms with Crippen molar-refractivity contribution in [1.82, 2.24) is 9.38 Å². The van der Waals surface area contributed by atoms with Crippen LogP contribution in [0, 0.1) is 6.92 Å². The Kier molecular flexibility index (Phi) is 2.76. The second-order valence-corrected chi connectivity index (χ2v) is 4.56. The van der Waals surface area contributed by atoms with E-state index in [0.717, 1.165) is 29.9 Å². The Bertz CT molecular complexity index is 585. The quantitative estimate of drug-likeness (QED) is 0.877. The van der Waals surface area contributed by atoms with Crippen LogP contribution in [-0.2, 0) is 9.53 Å². The monoisotopic (exact) mass is 245 g/mol. The van der Waals surface area contributed by atoms with E-state index in [2.05, 4.69) is 10.3 Å². The van der Waals surface area contributed by atoms with Gasteiger partial charge in [-0.3, -0.25) is 4.79 Å². The van der Waals surface area contributed by atoms with Gasteiger partial charge in [0.1, 0.15) is 11.8 Å². The number of ether oxygens (including phenoxy) is 1. The highest BCUT2D eigenvalue weighted by Crippen LogP contribution is 2.16. The lowest BCUT2D eigenvalue weighted by Gasteiger charge is -2.10. The van der Waals surface area contributed by atoms with E-state index in [1.54, 1.807) is 0 Å². The molecular formula is C13H15N3O2. The van der Waals surface area contributed by atoms with Crippen molar-refractivity contribution >= 4 is 17.2 Å². The molecule has 0 radical (unpaired) electrons. The van der Waals surface area contributed by atoms with Gasteiger partial charge in [0.2, 0.25) is 0 Å². The van der Waals surface area contributed by atoms with Crippen molar-refractivity contribution in [2.24, 2.45) is 0 Å². The fourth-order valence-corrected chi connectivity index (χ4v) is 2.20. The molecule has 3 rings (SSSR count). The standard InChI is InChI=1S/C13H15N3O2/c1-9-7-16-8-10(4-5-12(16)14-9)15-13(17)11-3-2-6-18-11/h4-5,7-8,11H,2-3,6H2,1H3,(H,15,17). The molecule has 5 heteroatoms. The zero-order chi connectivity index (χ0) is 12.5. The van der Waals surface area contributed by atoms with E-state index in [-0.39, 0.29) is 12.0 Å². The van der Waals surface area contributed by atoms with E-state index in [0.29, 0.717) is 6.61 Å². The molecule has 0 aromatic carbocycles. The van der Waals surface area contributed by atoms with E-state index >= 15 is 0 Å². The first kappa shape index (κ1) is 11.2. The molecule has 18 heavy (non-hydrogen) atoms.